The number of carbonyl (C=O) groups excluding carboxylic acids is 1. The Kier molecular flexibility index (Phi) is 4.82. The van der Waals surface area contributed by atoms with Gasteiger partial charge in [-0.25, -0.2) is 0 Å². The summed E-state index contributed by atoms with van der Waals surface area (Å²) in [6, 6.07) is 7.09. The first kappa shape index (κ1) is 13.4. The summed E-state index contributed by atoms with van der Waals surface area (Å²) in [5.41, 5.74) is 6.28. The van der Waals surface area contributed by atoms with Gasteiger partial charge in [-0.1, -0.05) is 6.07 Å². The van der Waals surface area contributed by atoms with Crippen LogP contribution in [0.15, 0.2) is 24.3 Å². The van der Waals surface area contributed by atoms with Crippen molar-refractivity contribution in [1.82, 2.24) is 4.90 Å². The van der Waals surface area contributed by atoms with Crippen LogP contribution in [0.4, 0.5) is 5.69 Å². The monoisotopic (exact) mass is 236 g/mol. The molecule has 4 heteroatoms. The van der Waals surface area contributed by atoms with E-state index in [0.717, 1.165) is 0 Å². The van der Waals surface area contributed by atoms with Crippen molar-refractivity contribution < 1.29 is 9.53 Å². The number of hydrogen-bond acceptors (Lipinski definition) is 3. The Bertz CT molecular complexity index is 375. The van der Waals surface area contributed by atoms with Crippen molar-refractivity contribution in [3.05, 3.63) is 24.3 Å². The predicted molar refractivity (Wildman–Crippen MR) is 68.9 cm³/mol. The standard InChI is InChI=1S/C13H20N2O2/c1-4-15(5-2)13(16)10(3)17-12-8-6-7-11(14)9-12/h6-10H,4-5,14H2,1-3H3/t10-/m1/s1. The minimum absolute atomic E-state index is 0.00238. The van der Waals surface area contributed by atoms with Crippen molar-refractivity contribution in [2.75, 3.05) is 18.8 Å². The zero-order valence-electron chi connectivity index (χ0n) is 10.6. The third-order valence-electron chi connectivity index (χ3n) is 2.59. The molecular weight excluding hydrogens is 216 g/mol. The van der Waals surface area contributed by atoms with Gasteiger partial charge in [-0.2, -0.15) is 0 Å². The third kappa shape index (κ3) is 3.66. The summed E-state index contributed by atoms with van der Waals surface area (Å²) in [7, 11) is 0. The molecule has 0 heterocycles. The molecular formula is C13H20N2O2. The lowest BCUT2D eigenvalue weighted by Gasteiger charge is -2.23. The highest BCUT2D eigenvalue weighted by atomic mass is 16.5. The molecule has 1 rings (SSSR count). The van der Waals surface area contributed by atoms with Crippen LogP contribution in [0.2, 0.25) is 0 Å². The van der Waals surface area contributed by atoms with Crippen molar-refractivity contribution in [2.45, 2.75) is 26.9 Å². The summed E-state index contributed by atoms with van der Waals surface area (Å²) in [6.07, 6.45) is -0.489. The van der Waals surface area contributed by atoms with E-state index < -0.39 is 6.10 Å². The number of rotatable bonds is 5. The molecule has 1 amide bonds. The van der Waals surface area contributed by atoms with Gasteiger partial charge < -0.3 is 15.4 Å². The number of ether oxygens (including phenoxy) is 1. The molecule has 0 saturated carbocycles. The molecule has 0 aliphatic carbocycles. The Morgan fingerprint density at radius 2 is 2.06 bits per heavy atom. The Hall–Kier alpha value is -1.71. The van der Waals surface area contributed by atoms with Gasteiger partial charge in [0, 0.05) is 24.8 Å². The number of nitrogens with zero attached hydrogens (tertiary/aromatic N) is 1. The molecule has 0 unspecified atom stereocenters. The van der Waals surface area contributed by atoms with E-state index in [1.807, 2.05) is 13.8 Å². The maximum absolute atomic E-state index is 12.0. The number of hydrogen-bond donors (Lipinski definition) is 1. The Morgan fingerprint density at radius 1 is 1.41 bits per heavy atom. The second-order valence-corrected chi connectivity index (χ2v) is 3.84. The highest BCUT2D eigenvalue weighted by Crippen LogP contribution is 2.16. The molecule has 0 aliphatic heterocycles. The average Bonchev–Trinajstić information content (AvgIpc) is 2.30. The van der Waals surface area contributed by atoms with Crippen LogP contribution >= 0.6 is 0 Å². The first-order valence-electron chi connectivity index (χ1n) is 5.89. The van der Waals surface area contributed by atoms with Crippen molar-refractivity contribution in [1.29, 1.82) is 0 Å². The van der Waals surface area contributed by atoms with E-state index in [1.54, 1.807) is 36.1 Å². The van der Waals surface area contributed by atoms with Gasteiger partial charge in [0.05, 0.1) is 0 Å². The molecule has 1 atom stereocenters. The fourth-order valence-corrected chi connectivity index (χ4v) is 1.63. The van der Waals surface area contributed by atoms with E-state index in [1.165, 1.54) is 0 Å². The molecule has 1 aromatic rings. The summed E-state index contributed by atoms with van der Waals surface area (Å²) in [5, 5.41) is 0. The van der Waals surface area contributed by atoms with Gasteiger partial charge in [0.25, 0.3) is 5.91 Å². The molecule has 0 spiro atoms. The number of nitrogen functional groups attached to an aromatic ring is 1. The zero-order valence-corrected chi connectivity index (χ0v) is 10.6. The first-order chi connectivity index (χ1) is 8.08. The third-order valence-corrected chi connectivity index (χ3v) is 2.59. The van der Waals surface area contributed by atoms with E-state index in [4.69, 9.17) is 10.5 Å². The van der Waals surface area contributed by atoms with Crippen molar-refractivity contribution >= 4 is 11.6 Å². The van der Waals surface area contributed by atoms with Crippen LogP contribution in [-0.4, -0.2) is 30.0 Å². The number of benzene rings is 1. The van der Waals surface area contributed by atoms with Crippen LogP contribution in [0.25, 0.3) is 0 Å². The number of nitrogens with two attached hydrogens (primary N) is 1. The van der Waals surface area contributed by atoms with Crippen LogP contribution < -0.4 is 10.5 Å². The highest BCUT2D eigenvalue weighted by molar-refractivity contribution is 5.80. The summed E-state index contributed by atoms with van der Waals surface area (Å²) in [4.78, 5) is 13.7. The molecule has 0 saturated heterocycles. The second-order valence-electron chi connectivity index (χ2n) is 3.84. The van der Waals surface area contributed by atoms with Gasteiger partial charge >= 0.3 is 0 Å². The first-order valence-corrected chi connectivity index (χ1v) is 5.89. The zero-order chi connectivity index (χ0) is 12.8. The highest BCUT2D eigenvalue weighted by Gasteiger charge is 2.19. The Balaban J connectivity index is 2.65. The molecule has 4 nitrogen and oxygen atoms in total. The average molecular weight is 236 g/mol. The smallest absolute Gasteiger partial charge is 0.263 e. The van der Waals surface area contributed by atoms with Gasteiger partial charge in [-0.3, -0.25) is 4.79 Å². The van der Waals surface area contributed by atoms with Gasteiger partial charge in [0.15, 0.2) is 6.10 Å². The maximum Gasteiger partial charge on any atom is 0.263 e. The van der Waals surface area contributed by atoms with E-state index in [2.05, 4.69) is 0 Å². The molecule has 94 valence electrons. The van der Waals surface area contributed by atoms with Crippen molar-refractivity contribution in [3.63, 3.8) is 0 Å². The lowest BCUT2D eigenvalue weighted by molar-refractivity contribution is -0.137. The Labute approximate surface area is 102 Å². The quantitative estimate of drug-likeness (QED) is 0.794. The minimum Gasteiger partial charge on any atom is -0.481 e. The Morgan fingerprint density at radius 3 is 2.59 bits per heavy atom. The molecule has 1 aromatic carbocycles. The van der Waals surface area contributed by atoms with Gasteiger partial charge in [-0.15, -0.1) is 0 Å². The summed E-state index contributed by atoms with van der Waals surface area (Å²) < 4.78 is 5.57. The fourth-order valence-electron chi connectivity index (χ4n) is 1.63. The van der Waals surface area contributed by atoms with E-state index in [0.29, 0.717) is 24.5 Å². The van der Waals surface area contributed by atoms with E-state index in [9.17, 15) is 4.79 Å². The lowest BCUT2D eigenvalue weighted by atomic mass is 10.3. The molecule has 0 fully saturated rings. The topological polar surface area (TPSA) is 55.6 Å². The largest absolute Gasteiger partial charge is 0.481 e. The van der Waals surface area contributed by atoms with Crippen LogP contribution in [0.3, 0.4) is 0 Å². The summed E-state index contributed by atoms with van der Waals surface area (Å²) in [5.74, 6) is 0.621. The fraction of sp³-hybridized carbons (Fsp3) is 0.462. The lowest BCUT2D eigenvalue weighted by Crippen LogP contribution is -2.40. The summed E-state index contributed by atoms with van der Waals surface area (Å²) >= 11 is 0. The predicted octanol–water partition coefficient (Wildman–Crippen LogP) is 1.90. The molecule has 17 heavy (non-hydrogen) atoms. The molecule has 0 bridgehead atoms. The molecule has 2 N–H and O–H groups in total. The van der Waals surface area contributed by atoms with Crippen LogP contribution in [0.5, 0.6) is 5.75 Å². The van der Waals surface area contributed by atoms with Gasteiger partial charge in [0.2, 0.25) is 0 Å². The van der Waals surface area contributed by atoms with Crippen molar-refractivity contribution in [2.24, 2.45) is 0 Å². The summed E-state index contributed by atoms with van der Waals surface area (Å²) in [6.45, 7) is 7.05. The number of anilines is 1. The number of carbonyl (C=O) groups is 1. The van der Waals surface area contributed by atoms with Gasteiger partial charge in [-0.05, 0) is 32.9 Å². The minimum atomic E-state index is -0.489. The van der Waals surface area contributed by atoms with Gasteiger partial charge in [0.1, 0.15) is 5.75 Å². The SMILES string of the molecule is CCN(CC)C(=O)[C@@H](C)Oc1cccc(N)c1. The van der Waals surface area contributed by atoms with Crippen LogP contribution in [0.1, 0.15) is 20.8 Å². The van der Waals surface area contributed by atoms with E-state index in [-0.39, 0.29) is 5.91 Å². The van der Waals surface area contributed by atoms with Crippen LogP contribution in [-0.2, 0) is 4.79 Å². The molecule has 0 radical (unpaired) electrons. The van der Waals surface area contributed by atoms with Crippen molar-refractivity contribution in [3.8, 4) is 5.75 Å². The number of amides is 1. The normalized spacial score (nSPS) is 11.9. The van der Waals surface area contributed by atoms with Crippen LogP contribution in [0, 0.1) is 0 Å². The van der Waals surface area contributed by atoms with E-state index >= 15 is 0 Å². The maximum atomic E-state index is 12.0. The second kappa shape index (κ2) is 6.13. The molecule has 0 aliphatic rings. The number of likely N-dealkylation sites (N-methyl/N-ethyl adjacent to an activating group) is 1. The molecule has 0 aromatic heterocycles.